The van der Waals surface area contributed by atoms with E-state index in [1.165, 1.54) is 0 Å². The highest BCUT2D eigenvalue weighted by Crippen LogP contribution is 2.18. The number of guanidine groups is 1. The minimum atomic E-state index is 0.0886. The van der Waals surface area contributed by atoms with E-state index < -0.39 is 0 Å². The first-order chi connectivity index (χ1) is 8.74. The van der Waals surface area contributed by atoms with E-state index in [9.17, 15) is 0 Å². The zero-order valence-corrected chi connectivity index (χ0v) is 12.0. The fourth-order valence-electron chi connectivity index (χ4n) is 1.71. The van der Waals surface area contributed by atoms with Gasteiger partial charge in [-0.1, -0.05) is 22.0 Å². The third-order valence-electron chi connectivity index (χ3n) is 2.59. The van der Waals surface area contributed by atoms with Gasteiger partial charge in [-0.2, -0.15) is 0 Å². The van der Waals surface area contributed by atoms with E-state index >= 15 is 0 Å². The zero-order valence-electron chi connectivity index (χ0n) is 10.4. The molecule has 1 heterocycles. The van der Waals surface area contributed by atoms with Crippen LogP contribution < -0.4 is 15.4 Å². The van der Waals surface area contributed by atoms with Gasteiger partial charge in [-0.05, 0) is 31.5 Å². The zero-order chi connectivity index (χ0) is 12.8. The number of benzene rings is 1. The Labute approximate surface area is 116 Å². The molecule has 98 valence electrons. The van der Waals surface area contributed by atoms with E-state index in [1.54, 1.807) is 0 Å². The Balaban J connectivity index is 1.78. The molecule has 0 saturated carbocycles. The van der Waals surface area contributed by atoms with Crippen LogP contribution in [-0.4, -0.2) is 31.7 Å². The monoisotopic (exact) mass is 311 g/mol. The first-order valence-electron chi connectivity index (χ1n) is 6.18. The summed E-state index contributed by atoms with van der Waals surface area (Å²) in [6.07, 6.45) is 1.20. The van der Waals surface area contributed by atoms with E-state index in [2.05, 4.69) is 31.6 Å². The van der Waals surface area contributed by atoms with Crippen molar-refractivity contribution in [3.63, 3.8) is 0 Å². The lowest BCUT2D eigenvalue weighted by atomic mass is 10.3. The van der Waals surface area contributed by atoms with E-state index in [4.69, 9.17) is 4.74 Å². The number of nitrogens with one attached hydrogen (secondary N) is 2. The van der Waals surface area contributed by atoms with Crippen molar-refractivity contribution in [1.29, 1.82) is 0 Å². The Kier molecular flexibility index (Phi) is 4.87. The summed E-state index contributed by atoms with van der Waals surface area (Å²) >= 11 is 3.43. The summed E-state index contributed by atoms with van der Waals surface area (Å²) in [5, 5.41) is 6.48. The second kappa shape index (κ2) is 6.64. The lowest BCUT2D eigenvalue weighted by Gasteiger charge is -2.19. The predicted octanol–water partition coefficient (Wildman–Crippen LogP) is 2.16. The molecule has 5 heteroatoms. The maximum Gasteiger partial charge on any atom is 0.191 e. The number of rotatable bonds is 4. The molecule has 18 heavy (non-hydrogen) atoms. The van der Waals surface area contributed by atoms with Crippen molar-refractivity contribution < 1.29 is 4.74 Å². The van der Waals surface area contributed by atoms with Gasteiger partial charge in [0.1, 0.15) is 11.9 Å². The minimum absolute atomic E-state index is 0.0886. The molecule has 1 unspecified atom stereocenters. The first-order valence-corrected chi connectivity index (χ1v) is 6.98. The second-order valence-electron chi connectivity index (χ2n) is 4.28. The molecule has 0 aromatic heterocycles. The Hall–Kier alpha value is -1.23. The Morgan fingerprint density at radius 2 is 2.44 bits per heavy atom. The van der Waals surface area contributed by atoms with Crippen molar-refractivity contribution in [3.05, 3.63) is 28.7 Å². The number of hydrogen-bond donors (Lipinski definition) is 2. The topological polar surface area (TPSA) is 45.7 Å². The summed E-state index contributed by atoms with van der Waals surface area (Å²) in [6.45, 7) is 4.67. The maximum absolute atomic E-state index is 5.81. The fraction of sp³-hybridized carbons (Fsp3) is 0.462. The molecule has 1 aliphatic rings. The average molecular weight is 312 g/mol. The molecule has 0 saturated heterocycles. The van der Waals surface area contributed by atoms with E-state index in [1.807, 2.05) is 31.2 Å². The van der Waals surface area contributed by atoms with Crippen LogP contribution in [0.3, 0.4) is 0 Å². The van der Waals surface area contributed by atoms with E-state index in [-0.39, 0.29) is 6.10 Å². The molecule has 1 atom stereocenters. The lowest BCUT2D eigenvalue weighted by molar-refractivity contribution is 0.223. The Bertz CT molecular complexity index is 422. The smallest absolute Gasteiger partial charge is 0.191 e. The van der Waals surface area contributed by atoms with Crippen molar-refractivity contribution >= 4 is 21.9 Å². The van der Waals surface area contributed by atoms with Crippen molar-refractivity contribution in [2.45, 2.75) is 19.4 Å². The molecule has 1 aromatic rings. The van der Waals surface area contributed by atoms with Gasteiger partial charge in [0.15, 0.2) is 5.96 Å². The highest BCUT2D eigenvalue weighted by molar-refractivity contribution is 9.10. The molecule has 1 aromatic carbocycles. The van der Waals surface area contributed by atoms with Crippen molar-refractivity contribution in [3.8, 4) is 5.75 Å². The van der Waals surface area contributed by atoms with Crippen LogP contribution in [0.25, 0.3) is 0 Å². The van der Waals surface area contributed by atoms with Crippen LogP contribution in [0.5, 0.6) is 5.75 Å². The molecule has 0 fully saturated rings. The standard InChI is InChI=1S/C13H18BrN3O/c1-10(9-17-13-15-6-3-7-16-13)18-12-5-2-4-11(14)8-12/h2,4-5,8,10H,3,6-7,9H2,1H3,(H2,15,16,17). The van der Waals surface area contributed by atoms with Gasteiger partial charge in [-0.25, -0.2) is 0 Å². The third kappa shape index (κ3) is 4.22. The van der Waals surface area contributed by atoms with Gasteiger partial charge in [0.05, 0.1) is 6.54 Å². The molecule has 2 N–H and O–H groups in total. The van der Waals surface area contributed by atoms with Gasteiger partial charge in [-0.3, -0.25) is 4.99 Å². The number of hydrogen-bond acceptors (Lipinski definition) is 4. The molecular weight excluding hydrogens is 294 g/mol. The highest BCUT2D eigenvalue weighted by Gasteiger charge is 2.07. The van der Waals surface area contributed by atoms with Gasteiger partial charge in [0.25, 0.3) is 0 Å². The highest BCUT2D eigenvalue weighted by atomic mass is 79.9. The molecular formula is C13H18BrN3O. The van der Waals surface area contributed by atoms with Crippen LogP contribution in [0.15, 0.2) is 33.7 Å². The number of aliphatic imine (C=N–C) groups is 1. The Morgan fingerprint density at radius 3 is 3.17 bits per heavy atom. The SMILES string of the molecule is CC(CNC1=NCCCN1)Oc1cccc(Br)c1. The van der Waals surface area contributed by atoms with Crippen LogP contribution in [0.4, 0.5) is 0 Å². The van der Waals surface area contributed by atoms with Crippen LogP contribution in [-0.2, 0) is 0 Å². The van der Waals surface area contributed by atoms with Crippen molar-refractivity contribution in [2.24, 2.45) is 4.99 Å². The normalized spacial score (nSPS) is 16.4. The first kappa shape index (κ1) is 13.2. The molecule has 2 rings (SSSR count). The van der Waals surface area contributed by atoms with E-state index in [0.29, 0.717) is 0 Å². The summed E-state index contributed by atoms with van der Waals surface area (Å²) in [5.74, 6) is 1.75. The van der Waals surface area contributed by atoms with Crippen molar-refractivity contribution in [2.75, 3.05) is 19.6 Å². The largest absolute Gasteiger partial charge is 0.489 e. The quantitative estimate of drug-likeness (QED) is 0.895. The summed E-state index contributed by atoms with van der Waals surface area (Å²) in [7, 11) is 0. The predicted molar refractivity (Wildman–Crippen MR) is 77.2 cm³/mol. The van der Waals surface area contributed by atoms with Gasteiger partial charge in [0, 0.05) is 17.6 Å². The second-order valence-corrected chi connectivity index (χ2v) is 5.19. The van der Waals surface area contributed by atoms with E-state index in [0.717, 1.165) is 42.2 Å². The molecule has 4 nitrogen and oxygen atoms in total. The minimum Gasteiger partial charge on any atom is -0.489 e. The fourth-order valence-corrected chi connectivity index (χ4v) is 2.08. The van der Waals surface area contributed by atoms with Crippen LogP contribution >= 0.6 is 15.9 Å². The van der Waals surface area contributed by atoms with Crippen molar-refractivity contribution in [1.82, 2.24) is 10.6 Å². The summed E-state index contributed by atoms with van der Waals surface area (Å²) in [6, 6.07) is 7.87. The summed E-state index contributed by atoms with van der Waals surface area (Å²) < 4.78 is 6.84. The summed E-state index contributed by atoms with van der Waals surface area (Å²) in [4.78, 5) is 4.35. The van der Waals surface area contributed by atoms with Gasteiger partial charge >= 0.3 is 0 Å². The average Bonchev–Trinajstić information content (AvgIpc) is 2.38. The lowest BCUT2D eigenvalue weighted by Crippen LogP contribution is -2.44. The number of halogens is 1. The molecule has 0 bridgehead atoms. The molecule has 0 radical (unpaired) electrons. The van der Waals surface area contributed by atoms with Crippen LogP contribution in [0.1, 0.15) is 13.3 Å². The van der Waals surface area contributed by atoms with Gasteiger partial charge in [0.2, 0.25) is 0 Å². The summed E-state index contributed by atoms with van der Waals surface area (Å²) in [5.41, 5.74) is 0. The third-order valence-corrected chi connectivity index (χ3v) is 3.08. The number of ether oxygens (including phenoxy) is 1. The maximum atomic E-state index is 5.81. The molecule has 1 aliphatic heterocycles. The number of nitrogens with zero attached hydrogens (tertiary/aromatic N) is 1. The van der Waals surface area contributed by atoms with Crippen LogP contribution in [0.2, 0.25) is 0 Å². The Morgan fingerprint density at radius 1 is 1.56 bits per heavy atom. The molecule has 0 spiro atoms. The molecule has 0 amide bonds. The van der Waals surface area contributed by atoms with Gasteiger partial charge in [-0.15, -0.1) is 0 Å². The van der Waals surface area contributed by atoms with Crippen LogP contribution in [0, 0.1) is 0 Å². The van der Waals surface area contributed by atoms with Gasteiger partial charge < -0.3 is 15.4 Å². The molecule has 0 aliphatic carbocycles.